The van der Waals surface area contributed by atoms with Crippen LogP contribution >= 0.6 is 0 Å². The summed E-state index contributed by atoms with van der Waals surface area (Å²) in [5.41, 5.74) is 0.920. The van der Waals surface area contributed by atoms with Crippen LogP contribution in [-0.4, -0.2) is 37.3 Å². The lowest BCUT2D eigenvalue weighted by molar-refractivity contribution is 0.417. The minimum Gasteiger partial charge on any atom is -0.363 e. The van der Waals surface area contributed by atoms with E-state index in [1.165, 1.54) is 17.1 Å². The van der Waals surface area contributed by atoms with E-state index in [1.807, 2.05) is 13.8 Å². The molecule has 1 aromatic rings. The first-order valence-electron chi connectivity index (χ1n) is 6.76. The molecule has 2 N–H and O–H groups in total. The lowest BCUT2D eigenvalue weighted by Gasteiger charge is -2.18. The Morgan fingerprint density at radius 3 is 2.74 bits per heavy atom. The van der Waals surface area contributed by atoms with Gasteiger partial charge in [0.2, 0.25) is 10.0 Å². The third-order valence-electron chi connectivity index (χ3n) is 3.21. The highest BCUT2D eigenvalue weighted by molar-refractivity contribution is 7.89. The van der Waals surface area contributed by atoms with E-state index in [-0.39, 0.29) is 0 Å². The van der Waals surface area contributed by atoms with Crippen LogP contribution in [0.3, 0.4) is 0 Å². The lowest BCUT2D eigenvalue weighted by Crippen LogP contribution is -2.30. The molecule has 0 saturated heterocycles. The molecule has 1 heterocycles. The topological polar surface area (TPSA) is 65.2 Å². The Bertz CT molecular complexity index is 518. The fraction of sp³-hybridized carbons (Fsp3) is 0.692. The highest BCUT2D eigenvalue weighted by atomic mass is 32.2. The number of aromatic amines is 1. The number of hydrogen-bond donors (Lipinski definition) is 2. The molecule has 1 saturated carbocycles. The highest BCUT2D eigenvalue weighted by Crippen LogP contribution is 2.20. The normalized spacial score (nSPS) is 16.5. The van der Waals surface area contributed by atoms with Gasteiger partial charge in [0, 0.05) is 38.1 Å². The standard InChI is InChI=1S/C13H23N3O2S/c1-10(2)9-16(3)19(17,18)13-6-12(15-8-13)7-14-11-4-5-11/h6,8,10-11,14-15H,4-5,7,9H2,1-3H3. The van der Waals surface area contributed by atoms with Crippen LogP contribution in [-0.2, 0) is 16.6 Å². The Labute approximate surface area is 115 Å². The first-order valence-corrected chi connectivity index (χ1v) is 8.20. The Morgan fingerprint density at radius 2 is 2.16 bits per heavy atom. The van der Waals surface area contributed by atoms with Crippen molar-refractivity contribution in [2.45, 2.75) is 44.2 Å². The van der Waals surface area contributed by atoms with Crippen LogP contribution in [0.4, 0.5) is 0 Å². The summed E-state index contributed by atoms with van der Waals surface area (Å²) in [6.45, 7) is 5.25. The number of nitrogens with one attached hydrogen (secondary N) is 2. The summed E-state index contributed by atoms with van der Waals surface area (Å²) in [7, 11) is -1.73. The average Bonchev–Trinajstić information content (AvgIpc) is 3.02. The van der Waals surface area contributed by atoms with Crippen LogP contribution in [0, 0.1) is 5.92 Å². The summed E-state index contributed by atoms with van der Waals surface area (Å²) in [5, 5.41) is 3.36. The predicted octanol–water partition coefficient (Wildman–Crippen LogP) is 1.54. The zero-order valence-electron chi connectivity index (χ0n) is 11.8. The molecule has 1 aliphatic rings. The van der Waals surface area contributed by atoms with Crippen molar-refractivity contribution in [1.82, 2.24) is 14.6 Å². The molecule has 0 spiro atoms. The molecular formula is C13H23N3O2S. The van der Waals surface area contributed by atoms with Crippen LogP contribution < -0.4 is 5.32 Å². The van der Waals surface area contributed by atoms with Gasteiger partial charge < -0.3 is 10.3 Å². The van der Waals surface area contributed by atoms with Crippen molar-refractivity contribution in [3.05, 3.63) is 18.0 Å². The number of rotatable bonds is 7. The van der Waals surface area contributed by atoms with Crippen LogP contribution in [0.5, 0.6) is 0 Å². The Morgan fingerprint density at radius 1 is 1.47 bits per heavy atom. The zero-order chi connectivity index (χ0) is 14.0. The Balaban J connectivity index is 2.02. The van der Waals surface area contributed by atoms with Gasteiger partial charge in [-0.1, -0.05) is 13.8 Å². The van der Waals surface area contributed by atoms with Crippen molar-refractivity contribution < 1.29 is 8.42 Å². The summed E-state index contributed by atoms with van der Waals surface area (Å²) in [6, 6.07) is 2.34. The van der Waals surface area contributed by atoms with Crippen molar-refractivity contribution in [1.29, 1.82) is 0 Å². The van der Waals surface area contributed by atoms with Crippen molar-refractivity contribution in [3.8, 4) is 0 Å². The summed E-state index contributed by atoms with van der Waals surface area (Å²) >= 11 is 0. The predicted molar refractivity (Wildman–Crippen MR) is 75.3 cm³/mol. The van der Waals surface area contributed by atoms with Gasteiger partial charge in [-0.25, -0.2) is 12.7 Å². The third kappa shape index (κ3) is 3.81. The highest BCUT2D eigenvalue weighted by Gasteiger charge is 2.24. The van der Waals surface area contributed by atoms with Gasteiger partial charge in [-0.2, -0.15) is 0 Å². The van der Waals surface area contributed by atoms with E-state index < -0.39 is 10.0 Å². The molecule has 2 rings (SSSR count). The van der Waals surface area contributed by atoms with E-state index in [9.17, 15) is 8.42 Å². The number of hydrogen-bond acceptors (Lipinski definition) is 3. The van der Waals surface area contributed by atoms with Gasteiger partial charge in [0.05, 0.1) is 4.90 Å². The summed E-state index contributed by atoms with van der Waals surface area (Å²) in [6.07, 6.45) is 4.03. The van der Waals surface area contributed by atoms with E-state index in [2.05, 4.69) is 10.3 Å². The second-order valence-corrected chi connectivity index (χ2v) is 7.74. The monoisotopic (exact) mass is 285 g/mol. The largest absolute Gasteiger partial charge is 0.363 e. The fourth-order valence-electron chi connectivity index (χ4n) is 2.00. The van der Waals surface area contributed by atoms with Crippen LogP contribution in [0.2, 0.25) is 0 Å². The van der Waals surface area contributed by atoms with Gasteiger partial charge in [0.25, 0.3) is 0 Å². The van der Waals surface area contributed by atoms with Gasteiger partial charge in [-0.3, -0.25) is 0 Å². The molecule has 0 amide bonds. The van der Waals surface area contributed by atoms with E-state index in [1.54, 1.807) is 19.3 Å². The molecule has 0 aliphatic heterocycles. The van der Waals surface area contributed by atoms with Crippen molar-refractivity contribution in [2.75, 3.05) is 13.6 Å². The quantitative estimate of drug-likeness (QED) is 0.799. The van der Waals surface area contributed by atoms with Crippen LogP contribution in [0.1, 0.15) is 32.4 Å². The maximum Gasteiger partial charge on any atom is 0.244 e. The molecule has 0 unspecified atom stereocenters. The second kappa shape index (κ2) is 5.64. The molecule has 1 fully saturated rings. The van der Waals surface area contributed by atoms with Gasteiger partial charge in [-0.05, 0) is 24.8 Å². The van der Waals surface area contributed by atoms with Crippen LogP contribution in [0.25, 0.3) is 0 Å². The first-order chi connectivity index (χ1) is 8.89. The molecule has 1 aliphatic carbocycles. The van der Waals surface area contributed by atoms with Crippen molar-refractivity contribution in [2.24, 2.45) is 5.92 Å². The van der Waals surface area contributed by atoms with Gasteiger partial charge in [0.15, 0.2) is 0 Å². The van der Waals surface area contributed by atoms with Gasteiger partial charge >= 0.3 is 0 Å². The van der Waals surface area contributed by atoms with Crippen LogP contribution in [0.15, 0.2) is 17.2 Å². The Kier molecular flexibility index (Phi) is 4.32. The summed E-state index contributed by atoms with van der Waals surface area (Å²) < 4.78 is 26.0. The number of H-pyrrole nitrogens is 1. The molecule has 0 aromatic carbocycles. The maximum absolute atomic E-state index is 12.3. The summed E-state index contributed by atoms with van der Waals surface area (Å²) in [5.74, 6) is 0.315. The van der Waals surface area contributed by atoms with E-state index in [0.29, 0.717) is 29.9 Å². The van der Waals surface area contributed by atoms with Crippen molar-refractivity contribution >= 4 is 10.0 Å². The summed E-state index contributed by atoms with van der Waals surface area (Å²) in [4.78, 5) is 3.39. The van der Waals surface area contributed by atoms with E-state index in [0.717, 1.165) is 5.69 Å². The molecule has 108 valence electrons. The molecular weight excluding hydrogens is 262 g/mol. The molecule has 6 heteroatoms. The molecule has 0 radical (unpaired) electrons. The van der Waals surface area contributed by atoms with Gasteiger partial charge in [-0.15, -0.1) is 0 Å². The number of aromatic nitrogens is 1. The smallest absolute Gasteiger partial charge is 0.244 e. The molecule has 0 atom stereocenters. The van der Waals surface area contributed by atoms with E-state index in [4.69, 9.17) is 0 Å². The Hall–Kier alpha value is -0.850. The SMILES string of the molecule is CC(C)CN(C)S(=O)(=O)c1c[nH]c(CNC2CC2)c1. The molecule has 1 aromatic heterocycles. The zero-order valence-corrected chi connectivity index (χ0v) is 12.6. The first kappa shape index (κ1) is 14.6. The maximum atomic E-state index is 12.3. The van der Waals surface area contributed by atoms with E-state index >= 15 is 0 Å². The molecule has 5 nitrogen and oxygen atoms in total. The second-order valence-electron chi connectivity index (χ2n) is 5.70. The van der Waals surface area contributed by atoms with Gasteiger partial charge in [0.1, 0.15) is 0 Å². The number of sulfonamides is 1. The average molecular weight is 285 g/mol. The number of nitrogens with zero attached hydrogens (tertiary/aromatic N) is 1. The molecule has 0 bridgehead atoms. The van der Waals surface area contributed by atoms with Crippen molar-refractivity contribution in [3.63, 3.8) is 0 Å². The minimum atomic E-state index is -3.36. The molecule has 19 heavy (non-hydrogen) atoms. The minimum absolute atomic E-state index is 0.315. The fourth-order valence-corrected chi connectivity index (χ4v) is 3.36. The third-order valence-corrected chi connectivity index (χ3v) is 5.01. The lowest BCUT2D eigenvalue weighted by atomic mass is 10.2.